The molecule has 0 fully saturated rings. The number of halogens is 1. The molecule has 0 saturated carbocycles. The van der Waals surface area contributed by atoms with Crippen molar-refractivity contribution >= 4 is 21.9 Å². The Balaban J connectivity index is 1.70. The Hall–Kier alpha value is -2.14. The van der Waals surface area contributed by atoms with Gasteiger partial charge in [-0.1, -0.05) is 59.3 Å². The SMILES string of the molecule is CCc1ccc([C@H]2C[C@H](c3cccc(Br)c3)n3ncnc3N2)cc1. The van der Waals surface area contributed by atoms with Crippen molar-refractivity contribution in [1.82, 2.24) is 14.8 Å². The maximum Gasteiger partial charge on any atom is 0.222 e. The molecule has 0 amide bonds. The van der Waals surface area contributed by atoms with Gasteiger partial charge in [0.1, 0.15) is 6.33 Å². The number of nitrogens with zero attached hydrogens (tertiary/aromatic N) is 3. The Kier molecular flexibility index (Phi) is 4.10. The van der Waals surface area contributed by atoms with E-state index in [9.17, 15) is 0 Å². The fraction of sp³-hybridized carbons (Fsp3) is 0.263. The number of aryl methyl sites for hydroxylation is 1. The van der Waals surface area contributed by atoms with Crippen LogP contribution in [0.25, 0.3) is 0 Å². The van der Waals surface area contributed by atoms with Crippen LogP contribution in [0.1, 0.15) is 42.1 Å². The number of rotatable bonds is 3. The molecular formula is C19H19BrN4. The molecule has 2 atom stereocenters. The third kappa shape index (κ3) is 2.84. The van der Waals surface area contributed by atoms with Gasteiger partial charge in [-0.2, -0.15) is 10.1 Å². The lowest BCUT2D eigenvalue weighted by molar-refractivity contribution is 0.430. The first-order chi connectivity index (χ1) is 11.7. The molecule has 0 radical (unpaired) electrons. The van der Waals surface area contributed by atoms with Gasteiger partial charge >= 0.3 is 0 Å². The van der Waals surface area contributed by atoms with Gasteiger partial charge in [-0.25, -0.2) is 4.68 Å². The molecule has 2 aromatic carbocycles. The normalized spacial score (nSPS) is 19.6. The summed E-state index contributed by atoms with van der Waals surface area (Å²) in [6.07, 6.45) is 3.63. The Morgan fingerprint density at radius 3 is 2.75 bits per heavy atom. The predicted octanol–water partition coefficient (Wildman–Crippen LogP) is 4.75. The summed E-state index contributed by atoms with van der Waals surface area (Å²) in [6.45, 7) is 2.18. The van der Waals surface area contributed by atoms with Crippen LogP contribution in [-0.4, -0.2) is 14.8 Å². The maximum atomic E-state index is 4.43. The molecule has 5 heteroatoms. The number of hydrogen-bond acceptors (Lipinski definition) is 3. The first-order valence-electron chi connectivity index (χ1n) is 8.25. The predicted molar refractivity (Wildman–Crippen MR) is 99.1 cm³/mol. The molecule has 0 aliphatic carbocycles. The van der Waals surface area contributed by atoms with E-state index in [1.807, 2.05) is 10.7 Å². The molecule has 1 aliphatic rings. The maximum absolute atomic E-state index is 4.43. The summed E-state index contributed by atoms with van der Waals surface area (Å²) in [4.78, 5) is 4.39. The molecule has 1 aliphatic heterocycles. The molecule has 24 heavy (non-hydrogen) atoms. The molecule has 0 unspecified atom stereocenters. The molecule has 0 bridgehead atoms. The average molecular weight is 383 g/mol. The van der Waals surface area contributed by atoms with E-state index in [4.69, 9.17) is 0 Å². The van der Waals surface area contributed by atoms with Crippen molar-refractivity contribution in [3.05, 3.63) is 76.0 Å². The van der Waals surface area contributed by atoms with Gasteiger partial charge in [0.15, 0.2) is 0 Å². The molecule has 0 spiro atoms. The molecule has 0 saturated heterocycles. The Morgan fingerprint density at radius 2 is 2.00 bits per heavy atom. The van der Waals surface area contributed by atoms with Crippen LogP contribution < -0.4 is 5.32 Å². The van der Waals surface area contributed by atoms with Gasteiger partial charge in [-0.15, -0.1) is 0 Å². The second kappa shape index (κ2) is 6.40. The second-order valence-corrected chi connectivity index (χ2v) is 7.04. The lowest BCUT2D eigenvalue weighted by Gasteiger charge is -2.32. The van der Waals surface area contributed by atoms with Crippen LogP contribution in [0.15, 0.2) is 59.3 Å². The summed E-state index contributed by atoms with van der Waals surface area (Å²) in [6, 6.07) is 17.7. The van der Waals surface area contributed by atoms with E-state index in [1.54, 1.807) is 6.33 Å². The van der Waals surface area contributed by atoms with Crippen LogP contribution in [-0.2, 0) is 6.42 Å². The minimum Gasteiger partial charge on any atom is -0.348 e. The van der Waals surface area contributed by atoms with Gasteiger partial charge in [0.05, 0.1) is 12.1 Å². The summed E-state index contributed by atoms with van der Waals surface area (Å²) < 4.78 is 3.07. The van der Waals surface area contributed by atoms with Gasteiger partial charge in [-0.05, 0) is 41.7 Å². The first-order valence-corrected chi connectivity index (χ1v) is 9.04. The van der Waals surface area contributed by atoms with Crippen LogP contribution in [0, 0.1) is 0 Å². The lowest BCUT2D eigenvalue weighted by atomic mass is 9.93. The second-order valence-electron chi connectivity index (χ2n) is 6.13. The van der Waals surface area contributed by atoms with E-state index in [1.165, 1.54) is 16.7 Å². The Labute approximate surface area is 150 Å². The summed E-state index contributed by atoms with van der Waals surface area (Å²) in [5.74, 6) is 0.829. The number of anilines is 1. The van der Waals surface area contributed by atoms with Crippen LogP contribution >= 0.6 is 15.9 Å². The van der Waals surface area contributed by atoms with E-state index in [0.717, 1.165) is 23.3 Å². The monoisotopic (exact) mass is 382 g/mol. The van der Waals surface area contributed by atoms with Crippen LogP contribution in [0.2, 0.25) is 0 Å². The minimum atomic E-state index is 0.178. The van der Waals surface area contributed by atoms with Crippen molar-refractivity contribution in [3.8, 4) is 0 Å². The lowest BCUT2D eigenvalue weighted by Crippen LogP contribution is -2.28. The fourth-order valence-electron chi connectivity index (χ4n) is 3.32. The number of hydrogen-bond donors (Lipinski definition) is 1. The van der Waals surface area contributed by atoms with Gasteiger partial charge in [0.25, 0.3) is 0 Å². The largest absolute Gasteiger partial charge is 0.348 e. The zero-order chi connectivity index (χ0) is 16.5. The number of aromatic nitrogens is 3. The van der Waals surface area contributed by atoms with E-state index >= 15 is 0 Å². The molecule has 122 valence electrons. The summed E-state index contributed by atoms with van der Waals surface area (Å²) in [5.41, 5.74) is 3.90. The van der Waals surface area contributed by atoms with Crippen LogP contribution in [0.3, 0.4) is 0 Å². The smallest absolute Gasteiger partial charge is 0.222 e. The highest BCUT2D eigenvalue weighted by Gasteiger charge is 2.29. The summed E-state index contributed by atoms with van der Waals surface area (Å²) in [7, 11) is 0. The van der Waals surface area contributed by atoms with Crippen molar-refractivity contribution < 1.29 is 0 Å². The van der Waals surface area contributed by atoms with Crippen LogP contribution in [0.4, 0.5) is 5.95 Å². The van der Waals surface area contributed by atoms with Gasteiger partial charge in [-0.3, -0.25) is 0 Å². The Bertz CT molecular complexity index is 841. The molecule has 1 N–H and O–H groups in total. The third-order valence-corrected chi connectivity index (χ3v) is 5.15. The van der Waals surface area contributed by atoms with E-state index in [0.29, 0.717) is 0 Å². The van der Waals surface area contributed by atoms with Crippen molar-refractivity contribution in [2.24, 2.45) is 0 Å². The molecule has 3 aromatic rings. The quantitative estimate of drug-likeness (QED) is 0.710. The van der Waals surface area contributed by atoms with E-state index < -0.39 is 0 Å². The number of benzene rings is 2. The average Bonchev–Trinajstić information content (AvgIpc) is 3.09. The minimum absolute atomic E-state index is 0.178. The highest BCUT2D eigenvalue weighted by atomic mass is 79.9. The summed E-state index contributed by atoms with van der Waals surface area (Å²) in [5, 5.41) is 7.95. The number of fused-ring (bicyclic) bond motifs is 1. The summed E-state index contributed by atoms with van der Waals surface area (Å²) >= 11 is 3.57. The fourth-order valence-corrected chi connectivity index (χ4v) is 3.73. The zero-order valence-electron chi connectivity index (χ0n) is 13.5. The van der Waals surface area contributed by atoms with Crippen molar-refractivity contribution in [2.45, 2.75) is 31.8 Å². The zero-order valence-corrected chi connectivity index (χ0v) is 15.1. The molecule has 4 rings (SSSR count). The van der Waals surface area contributed by atoms with Crippen molar-refractivity contribution in [3.63, 3.8) is 0 Å². The van der Waals surface area contributed by atoms with Gasteiger partial charge < -0.3 is 5.32 Å². The van der Waals surface area contributed by atoms with Crippen molar-refractivity contribution in [1.29, 1.82) is 0 Å². The third-order valence-electron chi connectivity index (χ3n) is 4.65. The standard InChI is InChI=1S/C19H19BrN4/c1-2-13-6-8-14(9-7-13)17-11-18(15-4-3-5-16(20)10-15)24-19(23-17)21-12-22-24/h3-10,12,17-18H,2,11H2,1H3,(H,21,22,23)/t17-,18-/m1/s1. The highest BCUT2D eigenvalue weighted by molar-refractivity contribution is 9.10. The highest BCUT2D eigenvalue weighted by Crippen LogP contribution is 2.37. The topological polar surface area (TPSA) is 42.7 Å². The molecule has 4 nitrogen and oxygen atoms in total. The molecule has 1 aromatic heterocycles. The molecular weight excluding hydrogens is 364 g/mol. The van der Waals surface area contributed by atoms with Gasteiger partial charge in [0.2, 0.25) is 5.95 Å². The Morgan fingerprint density at radius 1 is 1.17 bits per heavy atom. The number of nitrogens with one attached hydrogen (secondary N) is 1. The van der Waals surface area contributed by atoms with Crippen molar-refractivity contribution in [2.75, 3.05) is 5.32 Å². The van der Waals surface area contributed by atoms with Crippen LogP contribution in [0.5, 0.6) is 0 Å². The van der Waals surface area contributed by atoms with Gasteiger partial charge in [0, 0.05) is 4.47 Å². The molecule has 2 heterocycles. The first kappa shape index (κ1) is 15.4. The van der Waals surface area contributed by atoms with E-state index in [2.05, 4.69) is 80.7 Å². The van der Waals surface area contributed by atoms with E-state index in [-0.39, 0.29) is 12.1 Å².